The molecule has 4 nitrogen and oxygen atoms in total. The highest BCUT2D eigenvalue weighted by Crippen LogP contribution is 2.29. The van der Waals surface area contributed by atoms with E-state index < -0.39 is 6.10 Å². The molecule has 0 fully saturated rings. The maximum Gasteiger partial charge on any atom is 0.128 e. The van der Waals surface area contributed by atoms with Crippen LogP contribution in [0.2, 0.25) is 0 Å². The van der Waals surface area contributed by atoms with Crippen LogP contribution in [0.4, 0.5) is 0 Å². The Hall–Kier alpha value is -1.26. The SMILES string of the molecule is COc1ccc(C(O)CN(C)CC(C)C)c(OC)c1. The van der Waals surface area contributed by atoms with Crippen molar-refractivity contribution in [1.82, 2.24) is 4.90 Å². The van der Waals surface area contributed by atoms with Crippen molar-refractivity contribution in [1.29, 1.82) is 0 Å². The molecule has 0 amide bonds. The van der Waals surface area contributed by atoms with Crippen LogP contribution < -0.4 is 9.47 Å². The Kier molecular flexibility index (Phi) is 6.12. The molecular weight excluding hydrogens is 242 g/mol. The number of rotatable bonds is 7. The van der Waals surface area contributed by atoms with Gasteiger partial charge in [0.15, 0.2) is 0 Å². The smallest absolute Gasteiger partial charge is 0.128 e. The third kappa shape index (κ3) is 4.73. The molecule has 0 aliphatic heterocycles. The quantitative estimate of drug-likeness (QED) is 0.823. The van der Waals surface area contributed by atoms with Crippen molar-refractivity contribution in [2.45, 2.75) is 20.0 Å². The van der Waals surface area contributed by atoms with Gasteiger partial charge in [0.25, 0.3) is 0 Å². The van der Waals surface area contributed by atoms with Crippen LogP contribution in [0, 0.1) is 5.92 Å². The van der Waals surface area contributed by atoms with Crippen LogP contribution in [-0.4, -0.2) is 44.4 Å². The van der Waals surface area contributed by atoms with Crippen molar-refractivity contribution in [2.75, 3.05) is 34.4 Å². The summed E-state index contributed by atoms with van der Waals surface area (Å²) >= 11 is 0. The van der Waals surface area contributed by atoms with Crippen LogP contribution >= 0.6 is 0 Å². The summed E-state index contributed by atoms with van der Waals surface area (Å²) in [5, 5.41) is 10.3. The van der Waals surface area contributed by atoms with E-state index in [4.69, 9.17) is 9.47 Å². The highest BCUT2D eigenvalue weighted by Gasteiger charge is 2.16. The zero-order valence-electron chi connectivity index (χ0n) is 12.5. The van der Waals surface area contributed by atoms with Gasteiger partial charge in [0.2, 0.25) is 0 Å². The van der Waals surface area contributed by atoms with Crippen molar-refractivity contribution in [3.63, 3.8) is 0 Å². The molecule has 1 atom stereocenters. The summed E-state index contributed by atoms with van der Waals surface area (Å²) in [5.41, 5.74) is 0.791. The first-order valence-corrected chi connectivity index (χ1v) is 6.56. The summed E-state index contributed by atoms with van der Waals surface area (Å²) in [6.07, 6.45) is -0.565. The number of hydrogen-bond donors (Lipinski definition) is 1. The third-order valence-corrected chi connectivity index (χ3v) is 2.96. The van der Waals surface area contributed by atoms with Crippen molar-refractivity contribution >= 4 is 0 Å². The molecule has 0 heterocycles. The lowest BCUT2D eigenvalue weighted by atomic mass is 10.1. The van der Waals surface area contributed by atoms with E-state index in [9.17, 15) is 5.11 Å². The molecule has 0 saturated heterocycles. The fraction of sp³-hybridized carbons (Fsp3) is 0.600. The van der Waals surface area contributed by atoms with Gasteiger partial charge in [-0.25, -0.2) is 0 Å². The van der Waals surface area contributed by atoms with Crippen molar-refractivity contribution in [2.24, 2.45) is 5.92 Å². The van der Waals surface area contributed by atoms with Gasteiger partial charge in [0.05, 0.1) is 20.3 Å². The lowest BCUT2D eigenvalue weighted by Crippen LogP contribution is -2.28. The zero-order valence-corrected chi connectivity index (χ0v) is 12.5. The van der Waals surface area contributed by atoms with Crippen LogP contribution in [0.25, 0.3) is 0 Å². The summed E-state index contributed by atoms with van der Waals surface area (Å²) in [6.45, 7) is 5.87. The number of aliphatic hydroxyl groups is 1. The van der Waals surface area contributed by atoms with Crippen LogP contribution in [-0.2, 0) is 0 Å². The average Bonchev–Trinajstić information content (AvgIpc) is 2.36. The molecule has 0 aliphatic carbocycles. The lowest BCUT2D eigenvalue weighted by Gasteiger charge is -2.23. The van der Waals surface area contributed by atoms with E-state index in [0.29, 0.717) is 18.2 Å². The number of likely N-dealkylation sites (N-methyl/N-ethyl adjacent to an activating group) is 1. The standard InChI is InChI=1S/C15H25NO3/c1-11(2)9-16(3)10-14(17)13-7-6-12(18-4)8-15(13)19-5/h6-8,11,14,17H,9-10H2,1-5H3. The van der Waals surface area contributed by atoms with Gasteiger partial charge in [-0.3, -0.25) is 0 Å². The minimum absolute atomic E-state index is 0.565. The number of methoxy groups -OCH3 is 2. The molecular formula is C15H25NO3. The molecule has 4 heteroatoms. The second-order valence-corrected chi connectivity index (χ2v) is 5.24. The minimum atomic E-state index is -0.565. The Morgan fingerprint density at radius 2 is 1.84 bits per heavy atom. The van der Waals surface area contributed by atoms with Gasteiger partial charge >= 0.3 is 0 Å². The molecule has 1 unspecified atom stereocenters. The lowest BCUT2D eigenvalue weighted by molar-refractivity contribution is 0.118. The van der Waals surface area contributed by atoms with Crippen LogP contribution in [0.3, 0.4) is 0 Å². The van der Waals surface area contributed by atoms with E-state index >= 15 is 0 Å². The molecule has 0 saturated carbocycles. The second kappa shape index (κ2) is 7.36. The normalized spacial score (nSPS) is 12.8. The maximum atomic E-state index is 10.3. The fourth-order valence-electron chi connectivity index (χ4n) is 2.19. The highest BCUT2D eigenvalue weighted by molar-refractivity contribution is 5.42. The topological polar surface area (TPSA) is 41.9 Å². The number of aliphatic hydroxyl groups excluding tert-OH is 1. The predicted molar refractivity (Wildman–Crippen MR) is 76.8 cm³/mol. The number of nitrogens with zero attached hydrogens (tertiary/aromatic N) is 1. The molecule has 0 bridgehead atoms. The van der Waals surface area contributed by atoms with Crippen molar-refractivity contribution < 1.29 is 14.6 Å². The Labute approximate surface area is 115 Å². The van der Waals surface area contributed by atoms with Gasteiger partial charge in [0.1, 0.15) is 11.5 Å². The Morgan fingerprint density at radius 1 is 1.16 bits per heavy atom. The monoisotopic (exact) mass is 267 g/mol. The molecule has 0 aliphatic rings. The molecule has 0 aromatic heterocycles. The summed E-state index contributed by atoms with van der Waals surface area (Å²) in [7, 11) is 5.23. The summed E-state index contributed by atoms with van der Waals surface area (Å²) in [6, 6.07) is 5.48. The third-order valence-electron chi connectivity index (χ3n) is 2.96. The van der Waals surface area contributed by atoms with Crippen LogP contribution in [0.1, 0.15) is 25.5 Å². The summed E-state index contributed by atoms with van der Waals surface area (Å²) < 4.78 is 10.5. The molecule has 1 N–H and O–H groups in total. The van der Waals surface area contributed by atoms with E-state index in [1.165, 1.54) is 0 Å². The predicted octanol–water partition coefficient (Wildman–Crippen LogP) is 2.33. The Morgan fingerprint density at radius 3 is 2.37 bits per heavy atom. The van der Waals surface area contributed by atoms with Crippen LogP contribution in [0.5, 0.6) is 11.5 Å². The molecule has 0 radical (unpaired) electrons. The minimum Gasteiger partial charge on any atom is -0.497 e. The van der Waals surface area contributed by atoms with Gasteiger partial charge in [-0.1, -0.05) is 13.8 Å². The first kappa shape index (κ1) is 15.8. The molecule has 1 aromatic carbocycles. The largest absolute Gasteiger partial charge is 0.497 e. The van der Waals surface area contributed by atoms with E-state index in [1.54, 1.807) is 20.3 Å². The fourth-order valence-corrected chi connectivity index (χ4v) is 2.19. The first-order valence-electron chi connectivity index (χ1n) is 6.56. The van der Waals surface area contributed by atoms with Crippen molar-refractivity contribution in [3.05, 3.63) is 23.8 Å². The Bertz CT molecular complexity index is 393. The van der Waals surface area contributed by atoms with E-state index in [0.717, 1.165) is 17.9 Å². The Balaban J connectivity index is 2.78. The first-order chi connectivity index (χ1) is 8.97. The molecule has 0 spiro atoms. The van der Waals surface area contributed by atoms with E-state index in [2.05, 4.69) is 18.7 Å². The van der Waals surface area contributed by atoms with Crippen LogP contribution in [0.15, 0.2) is 18.2 Å². The summed E-state index contributed by atoms with van der Waals surface area (Å²) in [5.74, 6) is 1.96. The highest BCUT2D eigenvalue weighted by atomic mass is 16.5. The number of hydrogen-bond acceptors (Lipinski definition) is 4. The summed E-state index contributed by atoms with van der Waals surface area (Å²) in [4.78, 5) is 2.12. The van der Waals surface area contributed by atoms with Gasteiger partial charge in [0, 0.05) is 24.7 Å². The van der Waals surface area contributed by atoms with Gasteiger partial charge in [-0.15, -0.1) is 0 Å². The average molecular weight is 267 g/mol. The van der Waals surface area contributed by atoms with Crippen molar-refractivity contribution in [3.8, 4) is 11.5 Å². The molecule has 108 valence electrons. The zero-order chi connectivity index (χ0) is 14.4. The molecule has 19 heavy (non-hydrogen) atoms. The molecule has 1 aromatic rings. The number of benzene rings is 1. The van der Waals surface area contributed by atoms with Gasteiger partial charge in [-0.2, -0.15) is 0 Å². The van der Waals surface area contributed by atoms with Gasteiger partial charge < -0.3 is 19.5 Å². The van der Waals surface area contributed by atoms with Gasteiger partial charge in [-0.05, 0) is 25.1 Å². The van der Waals surface area contributed by atoms with E-state index in [-0.39, 0.29) is 0 Å². The second-order valence-electron chi connectivity index (χ2n) is 5.24. The van der Waals surface area contributed by atoms with E-state index in [1.807, 2.05) is 19.2 Å². The number of ether oxygens (including phenoxy) is 2. The molecule has 1 rings (SSSR count). The maximum absolute atomic E-state index is 10.3.